The van der Waals surface area contributed by atoms with Gasteiger partial charge in [0.05, 0.1) is 5.56 Å². The van der Waals surface area contributed by atoms with E-state index in [0.717, 1.165) is 6.42 Å². The maximum Gasteiger partial charge on any atom is 0.254 e. The van der Waals surface area contributed by atoms with E-state index in [1.165, 1.54) is 4.90 Å². The fourth-order valence-electron chi connectivity index (χ4n) is 3.35. The molecule has 1 aliphatic heterocycles. The summed E-state index contributed by atoms with van der Waals surface area (Å²) in [4.78, 5) is 26.1. The molecule has 0 spiro atoms. The number of halogens is 3. The Morgan fingerprint density at radius 2 is 1.62 bits per heavy atom. The van der Waals surface area contributed by atoms with Gasteiger partial charge in [0.2, 0.25) is 0 Å². The summed E-state index contributed by atoms with van der Waals surface area (Å²) < 4.78 is 40.4. The number of likely N-dealkylation sites (tertiary alicyclic amines) is 1. The number of nitrogens with zero attached hydrogens (tertiary/aromatic N) is 1. The molecule has 1 saturated carbocycles. The molecule has 1 aromatic rings. The standard InChI is InChI=1S/C17H18F3NO3/c18-11-8-12(19)14(13(20)9-11)15(22)10-2-6-21(7-3-10)16(23)17(24)4-1-5-17/h8-10,24H,1-7H2. The summed E-state index contributed by atoms with van der Waals surface area (Å²) in [6, 6.07) is 0.974. The van der Waals surface area contributed by atoms with Crippen LogP contribution in [0.3, 0.4) is 0 Å². The Hall–Kier alpha value is -1.89. The Bertz CT molecular complexity index is 657. The Morgan fingerprint density at radius 3 is 2.08 bits per heavy atom. The van der Waals surface area contributed by atoms with E-state index < -0.39 is 40.3 Å². The summed E-state index contributed by atoms with van der Waals surface area (Å²) >= 11 is 0. The van der Waals surface area contributed by atoms with Gasteiger partial charge in [-0.2, -0.15) is 0 Å². The maximum atomic E-state index is 13.7. The van der Waals surface area contributed by atoms with Crippen molar-refractivity contribution in [3.63, 3.8) is 0 Å². The highest BCUT2D eigenvalue weighted by Gasteiger charge is 2.45. The van der Waals surface area contributed by atoms with Crippen molar-refractivity contribution in [2.45, 2.75) is 37.7 Å². The molecule has 24 heavy (non-hydrogen) atoms. The number of hydrogen-bond donors (Lipinski definition) is 1. The molecule has 0 aromatic heterocycles. The van der Waals surface area contributed by atoms with Crippen LogP contribution in [0.4, 0.5) is 13.2 Å². The van der Waals surface area contributed by atoms with E-state index in [9.17, 15) is 27.9 Å². The molecule has 1 amide bonds. The lowest BCUT2D eigenvalue weighted by molar-refractivity contribution is -0.161. The molecule has 0 atom stereocenters. The molecule has 130 valence electrons. The van der Waals surface area contributed by atoms with Gasteiger partial charge < -0.3 is 10.0 Å². The van der Waals surface area contributed by atoms with Crippen LogP contribution in [0.25, 0.3) is 0 Å². The molecule has 0 radical (unpaired) electrons. The van der Waals surface area contributed by atoms with Gasteiger partial charge in [-0.3, -0.25) is 9.59 Å². The molecular formula is C17H18F3NO3. The van der Waals surface area contributed by atoms with Crippen molar-refractivity contribution >= 4 is 11.7 Å². The molecule has 1 aliphatic carbocycles. The lowest BCUT2D eigenvalue weighted by Gasteiger charge is -2.41. The Labute approximate surface area is 137 Å². The summed E-state index contributed by atoms with van der Waals surface area (Å²) in [6.45, 7) is 0.504. The SMILES string of the molecule is O=C(c1c(F)cc(F)cc1F)C1CCN(C(=O)C2(O)CCC2)CC1. The topological polar surface area (TPSA) is 57.6 Å². The number of benzene rings is 1. The van der Waals surface area contributed by atoms with Crippen LogP contribution in [0, 0.1) is 23.4 Å². The first-order valence-electron chi connectivity index (χ1n) is 8.02. The summed E-state index contributed by atoms with van der Waals surface area (Å²) in [5, 5.41) is 10.1. The molecule has 7 heteroatoms. The quantitative estimate of drug-likeness (QED) is 0.859. The number of amides is 1. The zero-order valence-corrected chi connectivity index (χ0v) is 13.0. The molecular weight excluding hydrogens is 323 g/mol. The fourth-order valence-corrected chi connectivity index (χ4v) is 3.35. The fraction of sp³-hybridized carbons (Fsp3) is 0.529. The second-order valence-corrected chi connectivity index (χ2v) is 6.56. The highest BCUT2D eigenvalue weighted by atomic mass is 19.1. The van der Waals surface area contributed by atoms with Crippen LogP contribution < -0.4 is 0 Å². The zero-order chi connectivity index (χ0) is 17.5. The molecule has 2 fully saturated rings. The van der Waals surface area contributed by atoms with E-state index in [0.29, 0.717) is 25.0 Å². The summed E-state index contributed by atoms with van der Waals surface area (Å²) in [6.07, 6.45) is 2.21. The first kappa shape index (κ1) is 17.0. The van der Waals surface area contributed by atoms with Crippen LogP contribution in [0.5, 0.6) is 0 Å². The van der Waals surface area contributed by atoms with Crippen LogP contribution in [-0.4, -0.2) is 40.4 Å². The van der Waals surface area contributed by atoms with Gasteiger partial charge in [-0.05, 0) is 32.1 Å². The average molecular weight is 341 g/mol. The zero-order valence-electron chi connectivity index (χ0n) is 13.0. The average Bonchev–Trinajstić information content (AvgIpc) is 2.51. The van der Waals surface area contributed by atoms with Crippen molar-refractivity contribution in [1.29, 1.82) is 0 Å². The van der Waals surface area contributed by atoms with E-state index in [4.69, 9.17) is 0 Å². The first-order valence-corrected chi connectivity index (χ1v) is 8.02. The number of hydrogen-bond acceptors (Lipinski definition) is 3. The van der Waals surface area contributed by atoms with E-state index >= 15 is 0 Å². The van der Waals surface area contributed by atoms with Crippen molar-refractivity contribution < 1.29 is 27.9 Å². The summed E-state index contributed by atoms with van der Waals surface area (Å²) in [5.41, 5.74) is -2.01. The third-order valence-corrected chi connectivity index (χ3v) is 4.99. The molecule has 0 bridgehead atoms. The molecule has 1 aromatic carbocycles. The van der Waals surface area contributed by atoms with Crippen molar-refractivity contribution in [3.8, 4) is 0 Å². The number of piperidine rings is 1. The largest absolute Gasteiger partial charge is 0.380 e. The highest BCUT2D eigenvalue weighted by Crippen LogP contribution is 2.35. The van der Waals surface area contributed by atoms with Crippen molar-refractivity contribution in [2.75, 3.05) is 13.1 Å². The van der Waals surface area contributed by atoms with Crippen molar-refractivity contribution in [3.05, 3.63) is 35.1 Å². The van der Waals surface area contributed by atoms with Gasteiger partial charge in [-0.1, -0.05) is 0 Å². The number of aliphatic hydroxyl groups is 1. The number of ketones is 1. The predicted octanol–water partition coefficient (Wildman–Crippen LogP) is 2.44. The molecule has 0 unspecified atom stereocenters. The maximum absolute atomic E-state index is 13.7. The Balaban J connectivity index is 1.67. The molecule has 2 aliphatic rings. The van der Waals surface area contributed by atoms with Gasteiger partial charge in [-0.15, -0.1) is 0 Å². The molecule has 3 rings (SSSR count). The monoisotopic (exact) mass is 341 g/mol. The number of carbonyl (C=O) groups excluding carboxylic acids is 2. The number of Topliss-reactive ketones (excluding diaryl/α,β-unsaturated/α-hetero) is 1. The molecule has 1 saturated heterocycles. The normalized spacial score (nSPS) is 20.6. The Morgan fingerprint density at radius 1 is 1.08 bits per heavy atom. The van der Waals surface area contributed by atoms with Crippen LogP contribution in [-0.2, 0) is 4.79 Å². The smallest absolute Gasteiger partial charge is 0.254 e. The predicted molar refractivity (Wildman–Crippen MR) is 78.8 cm³/mol. The van der Waals surface area contributed by atoms with Gasteiger partial charge in [0, 0.05) is 31.1 Å². The van der Waals surface area contributed by atoms with Gasteiger partial charge in [0.25, 0.3) is 5.91 Å². The van der Waals surface area contributed by atoms with Crippen molar-refractivity contribution in [1.82, 2.24) is 4.90 Å². The van der Waals surface area contributed by atoms with Crippen LogP contribution in [0.15, 0.2) is 12.1 Å². The van der Waals surface area contributed by atoms with E-state index in [-0.39, 0.29) is 31.8 Å². The highest BCUT2D eigenvalue weighted by molar-refractivity contribution is 5.98. The third-order valence-electron chi connectivity index (χ3n) is 4.99. The minimum atomic E-state index is -1.29. The number of rotatable bonds is 3. The lowest BCUT2D eigenvalue weighted by atomic mass is 9.78. The van der Waals surface area contributed by atoms with Crippen molar-refractivity contribution in [2.24, 2.45) is 5.92 Å². The third kappa shape index (κ3) is 2.92. The first-order chi connectivity index (χ1) is 11.3. The van der Waals surface area contributed by atoms with Gasteiger partial charge in [-0.25, -0.2) is 13.2 Å². The van der Waals surface area contributed by atoms with Crippen LogP contribution >= 0.6 is 0 Å². The minimum Gasteiger partial charge on any atom is -0.380 e. The second-order valence-electron chi connectivity index (χ2n) is 6.56. The van der Waals surface area contributed by atoms with Gasteiger partial charge in [0.1, 0.15) is 23.1 Å². The van der Waals surface area contributed by atoms with Gasteiger partial charge in [0.15, 0.2) is 5.78 Å². The van der Waals surface area contributed by atoms with E-state index in [1.54, 1.807) is 0 Å². The van der Waals surface area contributed by atoms with E-state index in [2.05, 4.69) is 0 Å². The second kappa shape index (κ2) is 6.20. The lowest BCUT2D eigenvalue weighted by Crippen LogP contribution is -2.55. The van der Waals surface area contributed by atoms with Gasteiger partial charge >= 0.3 is 0 Å². The van der Waals surface area contributed by atoms with E-state index in [1.807, 2.05) is 0 Å². The summed E-state index contributed by atoms with van der Waals surface area (Å²) in [5.74, 6) is -5.16. The minimum absolute atomic E-state index is 0.252. The molecule has 1 heterocycles. The van der Waals surface area contributed by atoms with Crippen LogP contribution in [0.1, 0.15) is 42.5 Å². The summed E-state index contributed by atoms with van der Waals surface area (Å²) in [7, 11) is 0. The molecule has 4 nitrogen and oxygen atoms in total. The number of carbonyl (C=O) groups is 2. The van der Waals surface area contributed by atoms with Crippen LogP contribution in [0.2, 0.25) is 0 Å². The Kier molecular flexibility index (Phi) is 4.38. The molecule has 1 N–H and O–H groups in total.